The highest BCUT2D eigenvalue weighted by molar-refractivity contribution is 5.95. The number of rotatable bonds is 4. The maximum Gasteiger partial charge on any atom is 0.254 e. The Morgan fingerprint density at radius 1 is 1.53 bits per heavy atom. The first-order valence-electron chi connectivity index (χ1n) is 5.91. The van der Waals surface area contributed by atoms with Gasteiger partial charge in [-0.1, -0.05) is 0 Å². The van der Waals surface area contributed by atoms with Crippen LogP contribution in [0.25, 0.3) is 0 Å². The molecule has 2 rings (SSSR count). The molecule has 4 heteroatoms. The Labute approximate surface area is 101 Å². The number of anilines is 1. The number of methoxy groups -OCH3 is 1. The second-order valence-corrected chi connectivity index (χ2v) is 4.28. The first-order valence-corrected chi connectivity index (χ1v) is 5.91. The van der Waals surface area contributed by atoms with Crippen molar-refractivity contribution in [3.8, 4) is 5.75 Å². The predicted octanol–water partition coefficient (Wildman–Crippen LogP) is 1.90. The number of nitrogens with two attached hydrogens (primary N) is 1. The van der Waals surface area contributed by atoms with E-state index < -0.39 is 0 Å². The molecular weight excluding hydrogens is 216 g/mol. The van der Waals surface area contributed by atoms with Gasteiger partial charge in [0.05, 0.1) is 12.8 Å². The fraction of sp³-hybridized carbons (Fsp3) is 0.462. The van der Waals surface area contributed by atoms with Crippen LogP contribution < -0.4 is 10.5 Å². The molecule has 1 aliphatic rings. The summed E-state index contributed by atoms with van der Waals surface area (Å²) in [6.07, 6.45) is 2.23. The second kappa shape index (κ2) is 4.65. The van der Waals surface area contributed by atoms with E-state index in [0.29, 0.717) is 23.0 Å². The van der Waals surface area contributed by atoms with E-state index in [1.807, 2.05) is 11.8 Å². The SMILES string of the molecule is CCN(C(=O)c1ccc(OC)c(N)c1)C1CC1. The summed E-state index contributed by atoms with van der Waals surface area (Å²) >= 11 is 0. The number of nitrogens with zero attached hydrogens (tertiary/aromatic N) is 1. The zero-order chi connectivity index (χ0) is 12.4. The monoisotopic (exact) mass is 234 g/mol. The average Bonchev–Trinajstić information content (AvgIpc) is 3.14. The Bertz CT molecular complexity index is 427. The smallest absolute Gasteiger partial charge is 0.254 e. The second-order valence-electron chi connectivity index (χ2n) is 4.28. The summed E-state index contributed by atoms with van der Waals surface area (Å²) in [5.41, 5.74) is 6.95. The molecule has 0 saturated heterocycles. The van der Waals surface area contributed by atoms with Crippen LogP contribution in [-0.2, 0) is 0 Å². The van der Waals surface area contributed by atoms with Gasteiger partial charge in [0.15, 0.2) is 0 Å². The zero-order valence-corrected chi connectivity index (χ0v) is 10.3. The van der Waals surface area contributed by atoms with E-state index in [1.54, 1.807) is 25.3 Å². The molecule has 1 fully saturated rings. The van der Waals surface area contributed by atoms with Crippen molar-refractivity contribution in [2.24, 2.45) is 0 Å². The van der Waals surface area contributed by atoms with Crippen LogP contribution >= 0.6 is 0 Å². The number of carbonyl (C=O) groups excluding carboxylic acids is 1. The van der Waals surface area contributed by atoms with Gasteiger partial charge in [-0.2, -0.15) is 0 Å². The van der Waals surface area contributed by atoms with E-state index in [0.717, 1.165) is 19.4 Å². The highest BCUT2D eigenvalue weighted by Crippen LogP contribution is 2.29. The van der Waals surface area contributed by atoms with Gasteiger partial charge < -0.3 is 15.4 Å². The summed E-state index contributed by atoms with van der Waals surface area (Å²) in [5.74, 6) is 0.667. The third kappa shape index (κ3) is 2.35. The first-order chi connectivity index (χ1) is 8.17. The van der Waals surface area contributed by atoms with Crippen molar-refractivity contribution in [2.45, 2.75) is 25.8 Å². The van der Waals surface area contributed by atoms with E-state index >= 15 is 0 Å². The molecule has 2 N–H and O–H groups in total. The lowest BCUT2D eigenvalue weighted by Crippen LogP contribution is -2.32. The van der Waals surface area contributed by atoms with Gasteiger partial charge in [-0.15, -0.1) is 0 Å². The van der Waals surface area contributed by atoms with Gasteiger partial charge in [-0.05, 0) is 38.0 Å². The summed E-state index contributed by atoms with van der Waals surface area (Å²) < 4.78 is 5.08. The zero-order valence-electron chi connectivity index (χ0n) is 10.3. The third-order valence-corrected chi connectivity index (χ3v) is 3.07. The molecule has 0 radical (unpaired) electrons. The normalized spacial score (nSPS) is 14.5. The van der Waals surface area contributed by atoms with Crippen LogP contribution in [-0.4, -0.2) is 30.5 Å². The molecule has 1 aromatic carbocycles. The fourth-order valence-electron chi connectivity index (χ4n) is 1.99. The number of hydrogen-bond acceptors (Lipinski definition) is 3. The molecule has 0 aromatic heterocycles. The Balaban J connectivity index is 2.21. The van der Waals surface area contributed by atoms with E-state index in [4.69, 9.17) is 10.5 Å². The molecule has 1 aromatic rings. The summed E-state index contributed by atoms with van der Waals surface area (Å²) in [6.45, 7) is 2.75. The van der Waals surface area contributed by atoms with Crippen LogP contribution in [0.5, 0.6) is 5.75 Å². The quantitative estimate of drug-likeness (QED) is 0.809. The highest BCUT2D eigenvalue weighted by atomic mass is 16.5. The Morgan fingerprint density at radius 3 is 2.71 bits per heavy atom. The maximum absolute atomic E-state index is 12.2. The number of ether oxygens (including phenoxy) is 1. The van der Waals surface area contributed by atoms with Gasteiger partial charge in [0, 0.05) is 18.2 Å². The van der Waals surface area contributed by atoms with Crippen molar-refractivity contribution in [2.75, 3.05) is 19.4 Å². The first kappa shape index (κ1) is 11.8. The molecular formula is C13H18N2O2. The molecule has 0 atom stereocenters. The lowest BCUT2D eigenvalue weighted by Gasteiger charge is -2.20. The molecule has 17 heavy (non-hydrogen) atoms. The number of nitrogen functional groups attached to an aromatic ring is 1. The Hall–Kier alpha value is -1.71. The topological polar surface area (TPSA) is 55.6 Å². The summed E-state index contributed by atoms with van der Waals surface area (Å²) in [5, 5.41) is 0. The van der Waals surface area contributed by atoms with Crippen LogP contribution in [0.1, 0.15) is 30.1 Å². The van der Waals surface area contributed by atoms with Gasteiger partial charge >= 0.3 is 0 Å². The molecule has 0 bridgehead atoms. The van der Waals surface area contributed by atoms with Gasteiger partial charge in [0.25, 0.3) is 5.91 Å². The lowest BCUT2D eigenvalue weighted by atomic mass is 10.1. The highest BCUT2D eigenvalue weighted by Gasteiger charge is 2.31. The van der Waals surface area contributed by atoms with Crippen molar-refractivity contribution in [3.05, 3.63) is 23.8 Å². The van der Waals surface area contributed by atoms with Crippen molar-refractivity contribution in [1.29, 1.82) is 0 Å². The van der Waals surface area contributed by atoms with Crippen molar-refractivity contribution < 1.29 is 9.53 Å². The molecule has 1 amide bonds. The van der Waals surface area contributed by atoms with Crippen LogP contribution in [0.3, 0.4) is 0 Å². The van der Waals surface area contributed by atoms with Crippen LogP contribution in [0.15, 0.2) is 18.2 Å². The minimum Gasteiger partial charge on any atom is -0.495 e. The maximum atomic E-state index is 12.2. The minimum absolute atomic E-state index is 0.0596. The summed E-state index contributed by atoms with van der Waals surface area (Å²) in [4.78, 5) is 14.1. The molecule has 0 aliphatic heterocycles. The molecule has 92 valence electrons. The lowest BCUT2D eigenvalue weighted by molar-refractivity contribution is 0.0752. The molecule has 4 nitrogen and oxygen atoms in total. The molecule has 0 heterocycles. The van der Waals surface area contributed by atoms with Gasteiger partial charge in [-0.3, -0.25) is 4.79 Å². The fourth-order valence-corrected chi connectivity index (χ4v) is 1.99. The predicted molar refractivity (Wildman–Crippen MR) is 67.1 cm³/mol. The van der Waals surface area contributed by atoms with Crippen molar-refractivity contribution in [3.63, 3.8) is 0 Å². The summed E-state index contributed by atoms with van der Waals surface area (Å²) in [7, 11) is 1.57. The third-order valence-electron chi connectivity index (χ3n) is 3.07. The minimum atomic E-state index is 0.0596. The standard InChI is InChI=1S/C13H18N2O2/c1-3-15(10-5-6-10)13(16)9-4-7-12(17-2)11(14)8-9/h4,7-8,10H,3,5-6,14H2,1-2H3. The number of amides is 1. The van der Waals surface area contributed by atoms with E-state index in [2.05, 4.69) is 0 Å². The van der Waals surface area contributed by atoms with E-state index in [9.17, 15) is 4.79 Å². The number of carbonyl (C=O) groups is 1. The largest absolute Gasteiger partial charge is 0.495 e. The average molecular weight is 234 g/mol. The molecule has 1 aliphatic carbocycles. The van der Waals surface area contributed by atoms with Crippen molar-refractivity contribution in [1.82, 2.24) is 4.90 Å². The van der Waals surface area contributed by atoms with Crippen LogP contribution in [0.4, 0.5) is 5.69 Å². The van der Waals surface area contributed by atoms with E-state index in [1.165, 1.54) is 0 Å². The Morgan fingerprint density at radius 2 is 2.24 bits per heavy atom. The van der Waals surface area contributed by atoms with E-state index in [-0.39, 0.29) is 5.91 Å². The van der Waals surface area contributed by atoms with Gasteiger partial charge in [0.2, 0.25) is 0 Å². The van der Waals surface area contributed by atoms with Gasteiger partial charge in [0.1, 0.15) is 5.75 Å². The van der Waals surface area contributed by atoms with Crippen LogP contribution in [0, 0.1) is 0 Å². The molecule has 0 spiro atoms. The number of benzene rings is 1. The Kier molecular flexibility index (Phi) is 3.22. The summed E-state index contributed by atoms with van der Waals surface area (Å²) in [6, 6.07) is 5.62. The molecule has 1 saturated carbocycles. The van der Waals surface area contributed by atoms with Crippen LogP contribution in [0.2, 0.25) is 0 Å². The van der Waals surface area contributed by atoms with Gasteiger partial charge in [-0.25, -0.2) is 0 Å². The molecule has 0 unspecified atom stereocenters. The number of hydrogen-bond donors (Lipinski definition) is 1. The van der Waals surface area contributed by atoms with Crippen molar-refractivity contribution >= 4 is 11.6 Å².